The van der Waals surface area contributed by atoms with Gasteiger partial charge in [0.2, 0.25) is 0 Å². The van der Waals surface area contributed by atoms with Crippen LogP contribution in [0.5, 0.6) is 11.8 Å². The Morgan fingerprint density at radius 2 is 1.70 bits per heavy atom. The summed E-state index contributed by atoms with van der Waals surface area (Å²) in [5, 5.41) is 0. The lowest BCUT2D eigenvalue weighted by atomic mass is 9.95. The Hall–Kier alpha value is -3.74. The van der Waals surface area contributed by atoms with Crippen LogP contribution in [0.4, 0.5) is 4.39 Å². The molecule has 1 aliphatic rings. The summed E-state index contributed by atoms with van der Waals surface area (Å²) in [4.78, 5) is 22.6. The average molecular weight is 445 g/mol. The SMILES string of the molecule is Cn1c(-c2ccnc(Oc3ccccc3)n2)c(-c2ccc(F)cc2)c(=O)n1C1CCCCC1. The average Bonchev–Trinajstić information content (AvgIpc) is 3.11. The summed E-state index contributed by atoms with van der Waals surface area (Å²) in [6.45, 7) is 0. The van der Waals surface area contributed by atoms with Crippen LogP contribution in [0.3, 0.4) is 0 Å². The van der Waals surface area contributed by atoms with Gasteiger partial charge in [-0.15, -0.1) is 0 Å². The molecule has 1 aliphatic carbocycles. The zero-order valence-electron chi connectivity index (χ0n) is 18.4. The third kappa shape index (κ3) is 4.18. The Morgan fingerprint density at radius 3 is 2.42 bits per heavy atom. The monoisotopic (exact) mass is 444 g/mol. The number of nitrogens with zero attached hydrogens (tertiary/aromatic N) is 4. The van der Waals surface area contributed by atoms with Crippen molar-refractivity contribution in [2.45, 2.75) is 38.1 Å². The molecule has 1 fully saturated rings. The molecule has 0 atom stereocenters. The molecule has 0 spiro atoms. The van der Waals surface area contributed by atoms with Gasteiger partial charge in [-0.05, 0) is 48.7 Å². The fraction of sp³-hybridized carbons (Fsp3) is 0.269. The first-order chi connectivity index (χ1) is 16.1. The van der Waals surface area contributed by atoms with Gasteiger partial charge in [-0.2, -0.15) is 4.98 Å². The third-order valence-corrected chi connectivity index (χ3v) is 6.19. The van der Waals surface area contributed by atoms with Gasteiger partial charge in [0.25, 0.3) is 5.56 Å². The van der Waals surface area contributed by atoms with Crippen molar-refractivity contribution in [1.29, 1.82) is 0 Å². The summed E-state index contributed by atoms with van der Waals surface area (Å²) in [6, 6.07) is 17.4. The summed E-state index contributed by atoms with van der Waals surface area (Å²) in [6.07, 6.45) is 6.95. The molecule has 4 aromatic rings. The van der Waals surface area contributed by atoms with Crippen molar-refractivity contribution in [2.24, 2.45) is 7.05 Å². The Kier molecular flexibility index (Phi) is 5.77. The van der Waals surface area contributed by atoms with Crippen molar-refractivity contribution in [1.82, 2.24) is 19.3 Å². The van der Waals surface area contributed by atoms with Crippen LogP contribution in [0.2, 0.25) is 0 Å². The number of aromatic nitrogens is 4. The van der Waals surface area contributed by atoms with Crippen LogP contribution >= 0.6 is 0 Å². The van der Waals surface area contributed by atoms with Gasteiger partial charge in [-0.25, -0.2) is 14.1 Å². The fourth-order valence-corrected chi connectivity index (χ4v) is 4.64. The molecule has 0 amide bonds. The van der Waals surface area contributed by atoms with E-state index in [1.54, 1.807) is 24.4 Å². The van der Waals surface area contributed by atoms with E-state index in [-0.39, 0.29) is 23.4 Å². The number of hydrogen-bond donors (Lipinski definition) is 0. The molecule has 0 N–H and O–H groups in total. The number of rotatable bonds is 5. The lowest BCUT2D eigenvalue weighted by Crippen LogP contribution is -2.28. The number of halogens is 1. The molecular weight excluding hydrogens is 419 g/mol. The lowest BCUT2D eigenvalue weighted by Gasteiger charge is -2.24. The van der Waals surface area contributed by atoms with Crippen molar-refractivity contribution in [2.75, 3.05) is 0 Å². The second-order valence-corrected chi connectivity index (χ2v) is 8.34. The summed E-state index contributed by atoms with van der Waals surface area (Å²) in [7, 11) is 1.89. The smallest absolute Gasteiger partial charge is 0.322 e. The minimum absolute atomic E-state index is 0.0878. The van der Waals surface area contributed by atoms with Gasteiger partial charge < -0.3 is 4.74 Å². The molecular formula is C26H25FN4O2. The molecule has 5 rings (SSSR count). The highest BCUT2D eigenvalue weighted by molar-refractivity contribution is 5.79. The maximum absolute atomic E-state index is 13.7. The molecule has 2 heterocycles. The predicted octanol–water partition coefficient (Wildman–Crippen LogP) is 5.75. The first kappa shape index (κ1) is 21.1. The molecule has 168 valence electrons. The first-order valence-electron chi connectivity index (χ1n) is 11.3. The van der Waals surface area contributed by atoms with Crippen molar-refractivity contribution in [3.8, 4) is 34.3 Å². The molecule has 0 aliphatic heterocycles. The van der Waals surface area contributed by atoms with Crippen molar-refractivity contribution in [3.05, 3.63) is 83.0 Å². The molecule has 7 heteroatoms. The van der Waals surface area contributed by atoms with Crippen LogP contribution in [0.15, 0.2) is 71.7 Å². The largest absolute Gasteiger partial charge is 0.424 e. The molecule has 6 nitrogen and oxygen atoms in total. The van der Waals surface area contributed by atoms with E-state index >= 15 is 0 Å². The molecule has 0 unspecified atom stereocenters. The molecule has 0 radical (unpaired) electrons. The topological polar surface area (TPSA) is 61.9 Å². The Bertz CT molecular complexity index is 1310. The predicted molar refractivity (Wildman–Crippen MR) is 125 cm³/mol. The Balaban J connectivity index is 1.65. The van der Waals surface area contributed by atoms with Gasteiger partial charge in [-0.3, -0.25) is 9.48 Å². The van der Waals surface area contributed by atoms with Gasteiger partial charge in [0.15, 0.2) is 0 Å². The van der Waals surface area contributed by atoms with Crippen LogP contribution in [0, 0.1) is 5.82 Å². The van der Waals surface area contributed by atoms with E-state index in [0.29, 0.717) is 28.3 Å². The number of benzene rings is 2. The van der Waals surface area contributed by atoms with Gasteiger partial charge in [0.1, 0.15) is 11.6 Å². The van der Waals surface area contributed by atoms with Crippen molar-refractivity contribution in [3.63, 3.8) is 0 Å². The van der Waals surface area contributed by atoms with Crippen LogP contribution < -0.4 is 10.3 Å². The van der Waals surface area contributed by atoms with Crippen LogP contribution in [-0.4, -0.2) is 19.3 Å². The highest BCUT2D eigenvalue weighted by Crippen LogP contribution is 2.34. The van der Waals surface area contributed by atoms with E-state index in [0.717, 1.165) is 25.7 Å². The Morgan fingerprint density at radius 1 is 0.970 bits per heavy atom. The molecule has 0 saturated heterocycles. The zero-order chi connectivity index (χ0) is 22.8. The highest BCUT2D eigenvalue weighted by atomic mass is 19.1. The number of hydrogen-bond acceptors (Lipinski definition) is 4. The van der Waals surface area contributed by atoms with Gasteiger partial charge in [-0.1, -0.05) is 49.6 Å². The quantitative estimate of drug-likeness (QED) is 0.393. The second kappa shape index (κ2) is 9.02. The normalized spacial score (nSPS) is 14.4. The van der Waals surface area contributed by atoms with E-state index in [9.17, 15) is 9.18 Å². The minimum atomic E-state index is -0.343. The van der Waals surface area contributed by atoms with E-state index in [2.05, 4.69) is 9.97 Å². The summed E-state index contributed by atoms with van der Waals surface area (Å²) < 4.78 is 23.2. The van der Waals surface area contributed by atoms with E-state index in [4.69, 9.17) is 4.74 Å². The van der Waals surface area contributed by atoms with Crippen molar-refractivity contribution < 1.29 is 9.13 Å². The van der Waals surface area contributed by atoms with Gasteiger partial charge >= 0.3 is 6.01 Å². The van der Waals surface area contributed by atoms with Gasteiger partial charge in [0, 0.05) is 13.2 Å². The third-order valence-electron chi connectivity index (χ3n) is 6.19. The van der Waals surface area contributed by atoms with Crippen LogP contribution in [0.1, 0.15) is 38.1 Å². The maximum atomic E-state index is 13.7. The standard InChI is InChI=1S/C26H25FN4O2/c1-30-24(22-16-17-28-26(29-22)33-21-10-6-3-7-11-21)23(18-12-14-19(27)15-13-18)25(32)31(30)20-8-4-2-5-9-20/h3,6-7,10-17,20H,2,4-5,8-9H2,1H3. The molecule has 1 saturated carbocycles. The summed E-state index contributed by atoms with van der Waals surface area (Å²) in [5.41, 5.74) is 2.31. The number of para-hydroxylation sites is 1. The Labute approximate surface area is 191 Å². The summed E-state index contributed by atoms with van der Waals surface area (Å²) >= 11 is 0. The van der Waals surface area contributed by atoms with Crippen LogP contribution in [0.25, 0.3) is 22.5 Å². The lowest BCUT2D eigenvalue weighted by molar-refractivity contribution is 0.296. The first-order valence-corrected chi connectivity index (χ1v) is 11.3. The molecule has 2 aromatic heterocycles. The van der Waals surface area contributed by atoms with Crippen molar-refractivity contribution >= 4 is 0 Å². The maximum Gasteiger partial charge on any atom is 0.322 e. The highest BCUT2D eigenvalue weighted by Gasteiger charge is 2.27. The molecule has 2 aromatic carbocycles. The minimum Gasteiger partial charge on any atom is -0.424 e. The fourth-order valence-electron chi connectivity index (χ4n) is 4.64. The van der Waals surface area contributed by atoms with Gasteiger partial charge in [0.05, 0.1) is 23.0 Å². The zero-order valence-corrected chi connectivity index (χ0v) is 18.4. The molecule has 0 bridgehead atoms. The van der Waals surface area contributed by atoms with E-state index < -0.39 is 0 Å². The molecule has 33 heavy (non-hydrogen) atoms. The second-order valence-electron chi connectivity index (χ2n) is 8.34. The van der Waals surface area contributed by atoms with E-state index in [1.165, 1.54) is 18.6 Å². The van der Waals surface area contributed by atoms with Crippen LogP contribution in [-0.2, 0) is 7.05 Å². The van der Waals surface area contributed by atoms with E-state index in [1.807, 2.05) is 46.7 Å². The number of ether oxygens (including phenoxy) is 1. The summed E-state index contributed by atoms with van der Waals surface area (Å²) in [5.74, 6) is 0.284.